The molecule has 3 aromatic rings. The second kappa shape index (κ2) is 9.88. The number of carbonyl (C=O) groups is 3. The van der Waals surface area contributed by atoms with Gasteiger partial charge in [0.05, 0.1) is 29.2 Å². The summed E-state index contributed by atoms with van der Waals surface area (Å²) in [6, 6.07) is 14.9. The van der Waals surface area contributed by atoms with Crippen molar-refractivity contribution in [1.29, 1.82) is 0 Å². The van der Waals surface area contributed by atoms with Gasteiger partial charge in [0.25, 0.3) is 0 Å². The number of nitrogens with zero attached hydrogens (tertiary/aromatic N) is 1. The minimum Gasteiger partial charge on any atom is -0.482 e. The molecule has 8 nitrogen and oxygen atoms in total. The van der Waals surface area contributed by atoms with Crippen LogP contribution in [0.5, 0.6) is 5.75 Å². The van der Waals surface area contributed by atoms with Gasteiger partial charge in [0.15, 0.2) is 6.61 Å². The Balaban J connectivity index is 1.22. The number of thioether (sulfide) groups is 1. The highest BCUT2D eigenvalue weighted by atomic mass is 79.9. The molecule has 2 amide bonds. The Morgan fingerprint density at radius 1 is 1.02 bits per heavy atom. The first kappa shape index (κ1) is 26.0. The van der Waals surface area contributed by atoms with Crippen LogP contribution in [0.1, 0.15) is 29.7 Å². The summed E-state index contributed by atoms with van der Waals surface area (Å²) in [4.78, 5) is 57.0. The van der Waals surface area contributed by atoms with E-state index in [1.54, 1.807) is 30.8 Å². The number of halogens is 1. The van der Waals surface area contributed by atoms with Crippen LogP contribution in [0.4, 0.5) is 5.69 Å². The second-order valence-corrected chi connectivity index (χ2v) is 13.7. The number of amides is 2. The average Bonchev–Trinajstić information content (AvgIpc) is 3.67. The molecule has 206 valence electrons. The smallest absolute Gasteiger partial charge is 0.344 e. The predicted molar refractivity (Wildman–Crippen MR) is 154 cm³/mol. The fraction of sp³-hybridized carbons (Fsp3) is 0.379. The predicted octanol–water partition coefficient (Wildman–Crippen LogP) is 4.82. The van der Waals surface area contributed by atoms with E-state index in [1.807, 2.05) is 36.4 Å². The third-order valence-corrected chi connectivity index (χ3v) is 11.8. The number of thiazole rings is 1. The number of nitrogens with one attached hydrogen (secondary N) is 1. The van der Waals surface area contributed by atoms with E-state index in [9.17, 15) is 19.2 Å². The number of carbonyl (C=O) groups excluding carboxylic acids is 3. The normalized spacial score (nSPS) is 29.8. The molecule has 4 aliphatic rings. The number of anilines is 1. The molecule has 11 heteroatoms. The van der Waals surface area contributed by atoms with E-state index in [2.05, 4.69) is 20.9 Å². The van der Waals surface area contributed by atoms with E-state index in [1.165, 1.54) is 16.2 Å². The summed E-state index contributed by atoms with van der Waals surface area (Å²) in [6.07, 6.45) is 0.833. The van der Waals surface area contributed by atoms with Crippen LogP contribution < -0.4 is 14.5 Å². The molecule has 1 N–H and O–H groups in total. The van der Waals surface area contributed by atoms with Crippen molar-refractivity contribution in [2.75, 3.05) is 18.1 Å². The average molecular weight is 642 g/mol. The molecule has 1 saturated heterocycles. The molecule has 7 atom stereocenters. The Hall–Kier alpha value is -2.89. The number of imide groups is 1. The molecule has 2 saturated carbocycles. The Morgan fingerprint density at radius 3 is 2.42 bits per heavy atom. The van der Waals surface area contributed by atoms with Gasteiger partial charge in [-0.2, -0.15) is 0 Å². The number of aromatic nitrogens is 1. The first-order valence-corrected chi connectivity index (χ1v) is 15.8. The molecule has 3 heterocycles. The highest BCUT2D eigenvalue weighted by Crippen LogP contribution is 2.68. The summed E-state index contributed by atoms with van der Waals surface area (Å²) in [5.74, 6) is -0.631. The van der Waals surface area contributed by atoms with Crippen LogP contribution in [0.3, 0.4) is 0 Å². The Morgan fingerprint density at radius 2 is 1.73 bits per heavy atom. The number of fused-ring (bicyclic) bond motifs is 9. The van der Waals surface area contributed by atoms with Gasteiger partial charge >= 0.3 is 10.8 Å². The van der Waals surface area contributed by atoms with Gasteiger partial charge < -0.3 is 14.5 Å². The van der Waals surface area contributed by atoms with E-state index < -0.39 is 5.97 Å². The van der Waals surface area contributed by atoms with Crippen LogP contribution in [-0.2, 0) is 19.1 Å². The second-order valence-electron chi connectivity index (χ2n) is 10.6. The number of benzene rings is 2. The number of aromatic amines is 1. The summed E-state index contributed by atoms with van der Waals surface area (Å²) >= 11 is 6.33. The van der Waals surface area contributed by atoms with E-state index in [4.69, 9.17) is 9.47 Å². The monoisotopic (exact) mass is 640 g/mol. The SMILES string of the molecule is CCOC(=O)COc1ccc([C@H]2c3sc(=O)[nH]c3SC3C2[C@H]2C[C@@H]3C3C(=O)N(c4ccc(Br)cc4)C(=O)C32)cc1. The largest absolute Gasteiger partial charge is 0.482 e. The van der Waals surface area contributed by atoms with E-state index in [0.717, 1.165) is 26.4 Å². The zero-order valence-corrected chi connectivity index (χ0v) is 24.6. The van der Waals surface area contributed by atoms with Crippen LogP contribution >= 0.6 is 39.0 Å². The van der Waals surface area contributed by atoms with Crippen molar-refractivity contribution in [3.63, 3.8) is 0 Å². The van der Waals surface area contributed by atoms with E-state index in [0.29, 0.717) is 18.0 Å². The molecule has 3 fully saturated rings. The van der Waals surface area contributed by atoms with Crippen molar-refractivity contribution in [2.24, 2.45) is 29.6 Å². The summed E-state index contributed by atoms with van der Waals surface area (Å²) in [6.45, 7) is 1.88. The lowest BCUT2D eigenvalue weighted by Crippen LogP contribution is -2.42. The number of H-pyrrole nitrogens is 1. The van der Waals surface area contributed by atoms with Crippen molar-refractivity contribution >= 4 is 62.5 Å². The Bertz CT molecular complexity index is 1570. The standard InChI is InChI=1S/C29H25BrN2O6S2/c1-2-37-19(33)12-38-16-9-3-13(4-10-16)20-21-17-11-18(24(21)39-26-25(20)40-29(36)31-26)23-22(17)27(34)32(28(23)35)15-7-5-14(30)6-8-15/h3-10,17-18,20-24H,2,11-12H2,1H3,(H,31,36)/t17-,18-,20-,21?,22?,23?,24?/m1/s1. The van der Waals surface area contributed by atoms with E-state index >= 15 is 0 Å². The summed E-state index contributed by atoms with van der Waals surface area (Å²) < 4.78 is 11.4. The minimum atomic E-state index is -0.426. The third kappa shape index (κ3) is 4.00. The highest BCUT2D eigenvalue weighted by Gasteiger charge is 2.69. The number of hydrogen-bond acceptors (Lipinski definition) is 8. The maximum absolute atomic E-state index is 13.8. The maximum Gasteiger partial charge on any atom is 0.344 e. The Kier molecular flexibility index (Phi) is 6.43. The van der Waals surface area contributed by atoms with Crippen LogP contribution in [-0.4, -0.2) is 41.2 Å². The van der Waals surface area contributed by atoms with Crippen LogP contribution in [0.2, 0.25) is 0 Å². The molecular weight excluding hydrogens is 616 g/mol. The lowest BCUT2D eigenvalue weighted by Gasteiger charge is -2.43. The summed E-state index contributed by atoms with van der Waals surface area (Å²) in [5, 5.41) is 0.991. The zero-order chi connectivity index (χ0) is 27.7. The number of rotatable bonds is 6. The van der Waals surface area contributed by atoms with Crippen molar-refractivity contribution in [1.82, 2.24) is 4.98 Å². The molecule has 2 aliphatic carbocycles. The molecular formula is C29H25BrN2O6S2. The lowest BCUT2D eigenvalue weighted by molar-refractivity contribution is -0.145. The van der Waals surface area contributed by atoms with Crippen molar-refractivity contribution < 1.29 is 23.9 Å². The fourth-order valence-corrected chi connectivity index (χ4v) is 10.5. The summed E-state index contributed by atoms with van der Waals surface area (Å²) in [5.41, 5.74) is 1.64. The minimum absolute atomic E-state index is 0.0412. The quantitative estimate of drug-likeness (QED) is 0.304. The van der Waals surface area contributed by atoms with Crippen molar-refractivity contribution in [2.45, 2.75) is 29.5 Å². The maximum atomic E-state index is 13.8. The number of esters is 1. The molecule has 7 rings (SSSR count). The van der Waals surface area contributed by atoms with Crippen LogP contribution in [0.15, 0.2) is 62.8 Å². The third-order valence-electron chi connectivity index (χ3n) is 8.71. The van der Waals surface area contributed by atoms with Gasteiger partial charge in [0.2, 0.25) is 11.8 Å². The van der Waals surface area contributed by atoms with Gasteiger partial charge in [0, 0.05) is 20.5 Å². The van der Waals surface area contributed by atoms with Gasteiger partial charge in [0.1, 0.15) is 5.75 Å². The molecule has 2 aliphatic heterocycles. The molecule has 0 radical (unpaired) electrons. The van der Waals surface area contributed by atoms with E-state index in [-0.39, 0.29) is 64.1 Å². The number of ether oxygens (including phenoxy) is 2. The van der Waals surface area contributed by atoms with Crippen molar-refractivity contribution in [3.8, 4) is 5.75 Å². The van der Waals surface area contributed by atoms with Gasteiger partial charge in [-0.05, 0) is 73.1 Å². The fourth-order valence-electron chi connectivity index (χ4n) is 7.35. The first-order valence-electron chi connectivity index (χ1n) is 13.3. The van der Waals surface area contributed by atoms with Crippen LogP contribution in [0, 0.1) is 29.6 Å². The first-order chi connectivity index (χ1) is 19.4. The highest BCUT2D eigenvalue weighted by molar-refractivity contribution is 9.10. The Labute approximate surface area is 246 Å². The molecule has 2 bridgehead atoms. The van der Waals surface area contributed by atoms with Gasteiger partial charge in [-0.15, -0.1) is 11.8 Å². The molecule has 40 heavy (non-hydrogen) atoms. The van der Waals surface area contributed by atoms with Crippen LogP contribution in [0.25, 0.3) is 0 Å². The van der Waals surface area contributed by atoms with Crippen molar-refractivity contribution in [3.05, 3.63) is 73.1 Å². The number of hydrogen-bond donors (Lipinski definition) is 1. The summed E-state index contributed by atoms with van der Waals surface area (Å²) in [7, 11) is 0. The topological polar surface area (TPSA) is 106 Å². The lowest BCUT2D eigenvalue weighted by atomic mass is 9.68. The van der Waals surface area contributed by atoms with Gasteiger partial charge in [-0.1, -0.05) is 39.4 Å². The van der Waals surface area contributed by atoms with Gasteiger partial charge in [-0.3, -0.25) is 19.3 Å². The molecule has 1 aromatic heterocycles. The molecule has 0 spiro atoms. The van der Waals surface area contributed by atoms with Gasteiger partial charge in [-0.25, -0.2) is 4.79 Å². The molecule has 4 unspecified atom stereocenters. The zero-order valence-electron chi connectivity index (χ0n) is 21.4. The molecule has 2 aromatic carbocycles.